The number of imidazole rings is 1. The molecule has 28 heavy (non-hydrogen) atoms. The van der Waals surface area contributed by atoms with Gasteiger partial charge in [-0.05, 0) is 55.5 Å². The van der Waals surface area contributed by atoms with Crippen molar-refractivity contribution in [2.24, 2.45) is 7.05 Å². The van der Waals surface area contributed by atoms with Crippen LogP contribution in [0.5, 0.6) is 0 Å². The van der Waals surface area contributed by atoms with E-state index in [1.54, 1.807) is 0 Å². The molecule has 5 aromatic rings. The maximum absolute atomic E-state index is 4.80. The van der Waals surface area contributed by atoms with Gasteiger partial charge < -0.3 is 0 Å². The lowest BCUT2D eigenvalue weighted by molar-refractivity contribution is -0.617. The largest absolute Gasteiger partial charge is 0.297 e. The molecule has 0 spiro atoms. The van der Waals surface area contributed by atoms with Crippen molar-refractivity contribution in [3.63, 3.8) is 0 Å². The Hall–Kier alpha value is -2.94. The summed E-state index contributed by atoms with van der Waals surface area (Å²) >= 11 is 0. The molecule has 3 heteroatoms. The SMILES string of the molecule is Cc1ccnc2c3ccccc3n3c4c(C5CCCC5)cccc4[n+](C)c3c12. The first-order valence-electron chi connectivity index (χ1n) is 10.3. The van der Waals surface area contributed by atoms with Gasteiger partial charge in [-0.3, -0.25) is 4.98 Å². The van der Waals surface area contributed by atoms with Crippen LogP contribution in [0.2, 0.25) is 0 Å². The van der Waals surface area contributed by atoms with Crippen LogP contribution >= 0.6 is 0 Å². The number of hydrogen-bond acceptors (Lipinski definition) is 1. The Balaban J connectivity index is 1.95. The zero-order valence-electron chi connectivity index (χ0n) is 16.4. The third-order valence-corrected chi connectivity index (χ3v) is 6.74. The van der Waals surface area contributed by atoms with Crippen LogP contribution in [0, 0.1) is 6.92 Å². The molecule has 0 radical (unpaired) electrons. The van der Waals surface area contributed by atoms with Crippen molar-refractivity contribution in [1.82, 2.24) is 9.38 Å². The fourth-order valence-electron chi connectivity index (χ4n) is 5.43. The smallest absolute Gasteiger partial charge is 0.255 e. The van der Waals surface area contributed by atoms with E-state index in [-0.39, 0.29) is 0 Å². The van der Waals surface area contributed by atoms with E-state index >= 15 is 0 Å². The van der Waals surface area contributed by atoms with Gasteiger partial charge in [-0.25, -0.2) is 4.57 Å². The van der Waals surface area contributed by atoms with Crippen LogP contribution < -0.4 is 4.57 Å². The molecule has 1 aliphatic rings. The molecule has 1 aliphatic carbocycles. The highest BCUT2D eigenvalue weighted by Crippen LogP contribution is 2.39. The van der Waals surface area contributed by atoms with Crippen molar-refractivity contribution in [1.29, 1.82) is 0 Å². The second-order valence-corrected chi connectivity index (χ2v) is 8.28. The summed E-state index contributed by atoms with van der Waals surface area (Å²) in [4.78, 5) is 4.80. The van der Waals surface area contributed by atoms with E-state index in [9.17, 15) is 0 Å². The summed E-state index contributed by atoms with van der Waals surface area (Å²) in [6, 6.07) is 17.7. The fraction of sp³-hybridized carbons (Fsp3) is 0.280. The maximum Gasteiger partial charge on any atom is 0.297 e. The van der Waals surface area contributed by atoms with Gasteiger partial charge in [-0.15, -0.1) is 0 Å². The second-order valence-electron chi connectivity index (χ2n) is 8.28. The maximum atomic E-state index is 4.80. The molecule has 0 N–H and O–H groups in total. The van der Waals surface area contributed by atoms with Crippen molar-refractivity contribution in [3.8, 4) is 0 Å². The normalized spacial score (nSPS) is 15.5. The van der Waals surface area contributed by atoms with Crippen molar-refractivity contribution >= 4 is 38.5 Å². The lowest BCUT2D eigenvalue weighted by atomic mass is 9.96. The molecule has 0 saturated heterocycles. The first kappa shape index (κ1) is 16.1. The third kappa shape index (κ3) is 1.99. The summed E-state index contributed by atoms with van der Waals surface area (Å²) in [5.74, 6) is 0.672. The van der Waals surface area contributed by atoms with E-state index in [0.29, 0.717) is 5.92 Å². The van der Waals surface area contributed by atoms with Crippen LogP contribution in [0.3, 0.4) is 0 Å². The van der Waals surface area contributed by atoms with E-state index in [0.717, 1.165) is 5.52 Å². The molecule has 0 aliphatic heterocycles. The second kappa shape index (κ2) is 5.78. The minimum atomic E-state index is 0.672. The monoisotopic (exact) mass is 366 g/mol. The molecule has 3 heterocycles. The van der Waals surface area contributed by atoms with E-state index in [4.69, 9.17) is 4.98 Å². The first-order valence-corrected chi connectivity index (χ1v) is 10.3. The third-order valence-electron chi connectivity index (χ3n) is 6.74. The number of pyridine rings is 2. The van der Waals surface area contributed by atoms with Crippen LogP contribution in [0.4, 0.5) is 0 Å². The van der Waals surface area contributed by atoms with E-state index in [1.165, 1.54) is 69.8 Å². The van der Waals surface area contributed by atoms with Gasteiger partial charge in [0.1, 0.15) is 5.52 Å². The van der Waals surface area contributed by atoms with Crippen LogP contribution in [0.1, 0.15) is 42.7 Å². The van der Waals surface area contributed by atoms with E-state index in [1.807, 2.05) is 6.20 Å². The lowest BCUT2D eigenvalue weighted by Gasteiger charge is -2.10. The summed E-state index contributed by atoms with van der Waals surface area (Å²) in [6.45, 7) is 2.20. The molecular weight excluding hydrogens is 342 g/mol. The molecule has 0 unspecified atom stereocenters. The van der Waals surface area contributed by atoms with Crippen molar-refractivity contribution in [3.05, 3.63) is 65.9 Å². The van der Waals surface area contributed by atoms with Crippen LogP contribution in [-0.4, -0.2) is 9.38 Å². The number of rotatable bonds is 1. The minimum Gasteiger partial charge on any atom is -0.255 e. The van der Waals surface area contributed by atoms with Gasteiger partial charge in [-0.2, -0.15) is 4.40 Å². The van der Waals surface area contributed by atoms with E-state index < -0.39 is 0 Å². The highest BCUT2D eigenvalue weighted by molar-refractivity contribution is 6.11. The van der Waals surface area contributed by atoms with Crippen LogP contribution in [-0.2, 0) is 7.05 Å². The minimum absolute atomic E-state index is 0.672. The van der Waals surface area contributed by atoms with Crippen molar-refractivity contribution in [2.45, 2.75) is 38.5 Å². The predicted molar refractivity (Wildman–Crippen MR) is 115 cm³/mol. The van der Waals surface area contributed by atoms with Gasteiger partial charge in [0, 0.05) is 17.1 Å². The molecule has 1 fully saturated rings. The zero-order valence-corrected chi connectivity index (χ0v) is 16.4. The predicted octanol–water partition coefficient (Wildman–Crippen LogP) is 5.58. The Morgan fingerprint density at radius 2 is 1.82 bits per heavy atom. The summed E-state index contributed by atoms with van der Waals surface area (Å²) in [7, 11) is 2.21. The highest BCUT2D eigenvalue weighted by atomic mass is 15.1. The molecular formula is C25H24N3+. The number of nitrogens with zero attached hydrogens (tertiary/aromatic N) is 3. The highest BCUT2D eigenvalue weighted by Gasteiger charge is 2.29. The number of aromatic nitrogens is 3. The number of benzene rings is 2. The molecule has 0 atom stereocenters. The quantitative estimate of drug-likeness (QED) is 0.280. The first-order chi connectivity index (χ1) is 13.8. The average molecular weight is 366 g/mol. The number of fused-ring (bicyclic) bond motifs is 8. The van der Waals surface area contributed by atoms with Gasteiger partial charge >= 0.3 is 0 Å². The number of hydrogen-bond donors (Lipinski definition) is 0. The van der Waals surface area contributed by atoms with Crippen molar-refractivity contribution in [2.75, 3.05) is 0 Å². The molecule has 2 aromatic carbocycles. The summed E-state index contributed by atoms with van der Waals surface area (Å²) in [5.41, 5.74) is 9.08. The van der Waals surface area contributed by atoms with Crippen molar-refractivity contribution < 1.29 is 4.57 Å². The topological polar surface area (TPSA) is 21.2 Å². The van der Waals surface area contributed by atoms with Gasteiger partial charge in [0.2, 0.25) is 0 Å². The Morgan fingerprint density at radius 1 is 1.00 bits per heavy atom. The number of para-hydroxylation sites is 2. The molecule has 6 rings (SSSR count). The number of aryl methyl sites for hydroxylation is 2. The summed E-state index contributed by atoms with van der Waals surface area (Å²) < 4.78 is 4.88. The Labute approximate surface area is 164 Å². The summed E-state index contributed by atoms with van der Waals surface area (Å²) in [6.07, 6.45) is 7.25. The van der Waals surface area contributed by atoms with Gasteiger partial charge in [0.25, 0.3) is 5.65 Å². The molecule has 3 nitrogen and oxygen atoms in total. The van der Waals surface area contributed by atoms with Gasteiger partial charge in [-0.1, -0.05) is 37.1 Å². The standard InChI is InChI=1S/C25H24N3/c1-16-14-15-26-23-19-10-5-6-12-20(19)28-24-18(17-8-3-4-9-17)11-7-13-21(24)27(2)25(28)22(16)23/h5-7,10-15,17H,3-4,8-9H2,1-2H3/q+1. The molecule has 3 aromatic heterocycles. The molecule has 138 valence electrons. The van der Waals surface area contributed by atoms with Gasteiger partial charge in [0.05, 0.1) is 18.0 Å². The summed E-state index contributed by atoms with van der Waals surface area (Å²) in [5, 5.41) is 2.49. The average Bonchev–Trinajstić information content (AvgIpc) is 3.36. The lowest BCUT2D eigenvalue weighted by Crippen LogP contribution is -2.27. The zero-order chi connectivity index (χ0) is 18.8. The van der Waals surface area contributed by atoms with E-state index in [2.05, 4.69) is 71.5 Å². The van der Waals surface area contributed by atoms with Crippen LogP contribution in [0.25, 0.3) is 38.5 Å². The Bertz CT molecular complexity index is 1390. The molecule has 0 amide bonds. The Kier molecular flexibility index (Phi) is 3.31. The van der Waals surface area contributed by atoms with Crippen LogP contribution in [0.15, 0.2) is 54.7 Å². The Morgan fingerprint density at radius 3 is 2.68 bits per heavy atom. The fourth-order valence-corrected chi connectivity index (χ4v) is 5.43. The molecule has 0 bridgehead atoms. The van der Waals surface area contributed by atoms with Gasteiger partial charge in [0.15, 0.2) is 11.0 Å². The molecule has 1 saturated carbocycles.